The highest BCUT2D eigenvalue weighted by Gasteiger charge is 2.25. The van der Waals surface area contributed by atoms with E-state index in [1.54, 1.807) is 18.3 Å². The average Bonchev–Trinajstić information content (AvgIpc) is 3.60. The molecular formula is C24H24FN11. The zero-order valence-corrected chi connectivity index (χ0v) is 19.7. The molecule has 1 aliphatic rings. The second-order valence-corrected chi connectivity index (χ2v) is 8.70. The van der Waals surface area contributed by atoms with E-state index >= 15 is 0 Å². The molecule has 11 nitrogen and oxygen atoms in total. The maximum Gasteiger partial charge on any atom is 0.225 e. The number of aryl methyl sites for hydroxylation is 1. The predicted octanol–water partition coefficient (Wildman–Crippen LogP) is 3.32. The molecule has 0 radical (unpaired) electrons. The molecular weight excluding hydrogens is 461 g/mol. The molecule has 0 saturated carbocycles. The lowest BCUT2D eigenvalue weighted by Gasteiger charge is -2.31. The molecule has 182 valence electrons. The van der Waals surface area contributed by atoms with Crippen molar-refractivity contribution >= 4 is 23.0 Å². The Morgan fingerprint density at radius 1 is 1.06 bits per heavy atom. The zero-order valence-electron chi connectivity index (χ0n) is 19.7. The van der Waals surface area contributed by atoms with Crippen molar-refractivity contribution in [3.05, 3.63) is 72.7 Å². The lowest BCUT2D eigenvalue weighted by Crippen LogP contribution is -2.34. The van der Waals surface area contributed by atoms with Crippen LogP contribution >= 0.6 is 0 Å². The summed E-state index contributed by atoms with van der Waals surface area (Å²) >= 11 is 0. The number of nitrogens with one attached hydrogen (secondary N) is 1. The molecule has 36 heavy (non-hydrogen) atoms. The van der Waals surface area contributed by atoms with Crippen molar-refractivity contribution in [3.8, 4) is 5.69 Å². The van der Waals surface area contributed by atoms with E-state index in [2.05, 4.69) is 52.0 Å². The second-order valence-electron chi connectivity index (χ2n) is 8.70. The lowest BCUT2D eigenvalue weighted by molar-refractivity contribution is 0.479. The van der Waals surface area contributed by atoms with Gasteiger partial charge in [0, 0.05) is 49.5 Å². The van der Waals surface area contributed by atoms with Crippen LogP contribution in [0.1, 0.15) is 37.1 Å². The molecule has 12 heteroatoms. The molecule has 1 saturated heterocycles. The fourth-order valence-corrected chi connectivity index (χ4v) is 4.56. The minimum atomic E-state index is -0.450. The van der Waals surface area contributed by atoms with Crippen LogP contribution in [0, 0.1) is 5.82 Å². The van der Waals surface area contributed by atoms with Crippen molar-refractivity contribution in [2.24, 2.45) is 0 Å². The van der Waals surface area contributed by atoms with Gasteiger partial charge in [-0.2, -0.15) is 4.68 Å². The van der Waals surface area contributed by atoms with Crippen molar-refractivity contribution in [1.82, 2.24) is 44.5 Å². The fraction of sp³-hybridized carbons (Fsp3) is 0.292. The van der Waals surface area contributed by atoms with Gasteiger partial charge in [-0.1, -0.05) is 6.92 Å². The largest absolute Gasteiger partial charge is 0.341 e. The van der Waals surface area contributed by atoms with Crippen LogP contribution in [0.15, 0.2) is 55.5 Å². The topological polar surface area (TPSA) is 115 Å². The summed E-state index contributed by atoms with van der Waals surface area (Å²) < 4.78 is 18.0. The first kappa shape index (κ1) is 22.0. The maximum atomic E-state index is 14.7. The molecule has 0 bridgehead atoms. The van der Waals surface area contributed by atoms with Gasteiger partial charge in [0.1, 0.15) is 23.4 Å². The summed E-state index contributed by atoms with van der Waals surface area (Å²) in [6, 6.07) is 4.76. The smallest absolute Gasteiger partial charge is 0.225 e. The number of hydrogen-bond acceptors (Lipinski definition) is 9. The lowest BCUT2D eigenvalue weighted by atomic mass is 9.96. The fourth-order valence-electron chi connectivity index (χ4n) is 4.56. The highest BCUT2D eigenvalue weighted by molar-refractivity contribution is 5.73. The summed E-state index contributed by atoms with van der Waals surface area (Å²) in [4.78, 5) is 20.5. The van der Waals surface area contributed by atoms with Gasteiger partial charge < -0.3 is 10.2 Å². The Morgan fingerprint density at radius 2 is 1.89 bits per heavy atom. The first-order valence-electron chi connectivity index (χ1n) is 11.9. The molecule has 4 aromatic heterocycles. The van der Waals surface area contributed by atoms with Crippen LogP contribution in [0.4, 0.5) is 21.8 Å². The number of aromatic nitrogens is 9. The Balaban J connectivity index is 1.19. The van der Waals surface area contributed by atoms with Gasteiger partial charge in [0.2, 0.25) is 5.95 Å². The standard InChI is InChI=1S/C24H24FN11/c1-2-16-12-28-24(29-13-16)34-8-5-17(6-9-34)23-27-14-21-22(26-7-10-35(21)23)31-18-3-4-20(19(25)11-18)36-15-30-32-33-36/h3-4,7,10-15,17H,2,5-6,8-9H2,1H3,(H,26,31). The summed E-state index contributed by atoms with van der Waals surface area (Å²) in [6.45, 7) is 3.84. The van der Waals surface area contributed by atoms with E-state index in [4.69, 9.17) is 4.98 Å². The van der Waals surface area contributed by atoms with E-state index in [0.29, 0.717) is 17.4 Å². The highest BCUT2D eigenvalue weighted by atomic mass is 19.1. The van der Waals surface area contributed by atoms with E-state index in [-0.39, 0.29) is 5.69 Å². The van der Waals surface area contributed by atoms with Gasteiger partial charge in [0.05, 0.1) is 6.20 Å². The molecule has 1 N–H and O–H groups in total. The van der Waals surface area contributed by atoms with Crippen molar-refractivity contribution in [2.45, 2.75) is 32.1 Å². The molecule has 5 heterocycles. The Labute approximate surface area is 206 Å². The third-order valence-electron chi connectivity index (χ3n) is 6.54. The van der Waals surface area contributed by atoms with Gasteiger partial charge in [-0.15, -0.1) is 5.10 Å². The summed E-state index contributed by atoms with van der Waals surface area (Å²) in [5, 5.41) is 14.1. The van der Waals surface area contributed by atoms with Gasteiger partial charge in [0.15, 0.2) is 11.6 Å². The molecule has 0 spiro atoms. The van der Waals surface area contributed by atoms with Crippen LogP contribution in [0.3, 0.4) is 0 Å². The Hall–Kier alpha value is -4.48. The molecule has 5 aromatic rings. The monoisotopic (exact) mass is 485 g/mol. The Morgan fingerprint density at radius 3 is 2.61 bits per heavy atom. The molecule has 1 aliphatic heterocycles. The maximum absolute atomic E-state index is 14.7. The quantitative estimate of drug-likeness (QED) is 0.387. The summed E-state index contributed by atoms with van der Waals surface area (Å²) in [6.07, 6.45) is 13.5. The van der Waals surface area contributed by atoms with Gasteiger partial charge in [0.25, 0.3) is 0 Å². The number of anilines is 3. The van der Waals surface area contributed by atoms with Gasteiger partial charge >= 0.3 is 0 Å². The molecule has 0 unspecified atom stereocenters. The number of fused-ring (bicyclic) bond motifs is 1. The molecule has 0 aliphatic carbocycles. The van der Waals surface area contributed by atoms with Gasteiger partial charge in [-0.05, 0) is 53.5 Å². The first-order valence-corrected chi connectivity index (χ1v) is 11.9. The van der Waals surface area contributed by atoms with Crippen molar-refractivity contribution < 1.29 is 4.39 Å². The number of imidazole rings is 1. The average molecular weight is 486 g/mol. The van der Waals surface area contributed by atoms with Crippen LogP contribution in [0.25, 0.3) is 11.2 Å². The molecule has 6 rings (SSSR count). The van der Waals surface area contributed by atoms with Crippen molar-refractivity contribution in [2.75, 3.05) is 23.3 Å². The molecule has 0 atom stereocenters. The predicted molar refractivity (Wildman–Crippen MR) is 131 cm³/mol. The van der Waals surface area contributed by atoms with Gasteiger partial charge in [-0.3, -0.25) is 4.40 Å². The van der Waals surface area contributed by atoms with Crippen molar-refractivity contribution in [3.63, 3.8) is 0 Å². The first-order chi connectivity index (χ1) is 17.7. The van der Waals surface area contributed by atoms with Crippen molar-refractivity contribution in [1.29, 1.82) is 0 Å². The molecule has 1 fully saturated rings. The minimum Gasteiger partial charge on any atom is -0.341 e. The Kier molecular flexibility index (Phi) is 5.68. The zero-order chi connectivity index (χ0) is 24.5. The number of benzene rings is 1. The van der Waals surface area contributed by atoms with Gasteiger partial charge in [-0.25, -0.2) is 24.3 Å². The number of halogens is 1. The van der Waals surface area contributed by atoms with Crippen LogP contribution in [-0.2, 0) is 6.42 Å². The molecule has 1 aromatic carbocycles. The van der Waals surface area contributed by atoms with Crippen LogP contribution in [0.5, 0.6) is 0 Å². The minimum absolute atomic E-state index is 0.265. The number of rotatable bonds is 6. The van der Waals surface area contributed by atoms with Crippen LogP contribution < -0.4 is 10.2 Å². The van der Waals surface area contributed by atoms with E-state index in [1.165, 1.54) is 17.1 Å². The number of tetrazole rings is 1. The number of piperidine rings is 1. The Bertz CT molecular complexity index is 1470. The SMILES string of the molecule is CCc1cnc(N2CCC(c3ncc4c(Nc5ccc(-n6cnnn6)c(F)c5)nccn34)CC2)nc1. The summed E-state index contributed by atoms with van der Waals surface area (Å²) in [7, 11) is 0. The molecule has 0 amide bonds. The van der Waals surface area contributed by atoms with Crippen LogP contribution in [0.2, 0.25) is 0 Å². The summed E-state index contributed by atoms with van der Waals surface area (Å²) in [5.74, 6) is 2.24. The third-order valence-corrected chi connectivity index (χ3v) is 6.54. The third kappa shape index (κ3) is 4.10. The normalized spacial score (nSPS) is 14.4. The number of nitrogens with zero attached hydrogens (tertiary/aromatic N) is 10. The van der Waals surface area contributed by atoms with E-state index in [1.807, 2.05) is 24.8 Å². The van der Waals surface area contributed by atoms with E-state index < -0.39 is 5.82 Å². The van der Waals surface area contributed by atoms with E-state index in [9.17, 15) is 4.39 Å². The second kappa shape index (κ2) is 9.29. The van der Waals surface area contributed by atoms with Crippen LogP contribution in [-0.4, -0.2) is 57.6 Å². The number of hydrogen-bond donors (Lipinski definition) is 1. The highest BCUT2D eigenvalue weighted by Crippen LogP contribution is 2.31. The summed E-state index contributed by atoms with van der Waals surface area (Å²) in [5.41, 5.74) is 2.80. The van der Waals surface area contributed by atoms with E-state index in [0.717, 1.165) is 55.2 Å².